The molecule has 0 aromatic carbocycles. The van der Waals surface area contributed by atoms with Crippen LogP contribution in [0.25, 0.3) is 0 Å². The summed E-state index contributed by atoms with van der Waals surface area (Å²) in [5, 5.41) is 9.02. The quantitative estimate of drug-likeness (QED) is 0.842. The van der Waals surface area contributed by atoms with E-state index in [-0.39, 0.29) is 6.61 Å². The van der Waals surface area contributed by atoms with Crippen molar-refractivity contribution in [3.63, 3.8) is 0 Å². The minimum atomic E-state index is -3.41. The van der Waals surface area contributed by atoms with E-state index >= 15 is 0 Å². The molecule has 0 unspecified atom stereocenters. The predicted octanol–water partition coefficient (Wildman–Crippen LogP) is 2.02. The normalized spacial score (nSPS) is 16.8. The molecule has 6 heteroatoms. The zero-order valence-electron chi connectivity index (χ0n) is 10.5. The third-order valence-corrected chi connectivity index (χ3v) is 6.19. The van der Waals surface area contributed by atoms with E-state index in [9.17, 15) is 8.42 Å². The molecular weight excluding hydrogens is 270 g/mol. The predicted molar refractivity (Wildman–Crippen MR) is 72.1 cm³/mol. The van der Waals surface area contributed by atoms with Crippen LogP contribution in [0.2, 0.25) is 0 Å². The average molecular weight is 289 g/mol. The van der Waals surface area contributed by atoms with E-state index in [0.29, 0.717) is 22.2 Å². The largest absolute Gasteiger partial charge is 0.391 e. The molecular formula is C12H19NO3S2. The molecule has 1 aliphatic rings. The molecule has 0 saturated heterocycles. The first-order chi connectivity index (χ1) is 8.53. The Hall–Kier alpha value is -0.430. The van der Waals surface area contributed by atoms with Gasteiger partial charge >= 0.3 is 0 Å². The van der Waals surface area contributed by atoms with E-state index < -0.39 is 10.0 Å². The third-order valence-electron chi connectivity index (χ3n) is 3.44. The van der Waals surface area contributed by atoms with Crippen molar-refractivity contribution in [3.8, 4) is 0 Å². The van der Waals surface area contributed by atoms with Gasteiger partial charge < -0.3 is 5.11 Å². The van der Waals surface area contributed by atoms with E-state index in [1.807, 2.05) is 0 Å². The summed E-state index contributed by atoms with van der Waals surface area (Å²) in [4.78, 5) is 1.73. The first-order valence-corrected chi connectivity index (χ1v) is 8.52. The Bertz CT molecular complexity index is 503. The van der Waals surface area contributed by atoms with Crippen molar-refractivity contribution >= 4 is 21.4 Å². The highest BCUT2D eigenvalue weighted by Crippen LogP contribution is 2.29. The number of hydrogen-bond acceptors (Lipinski definition) is 4. The minimum Gasteiger partial charge on any atom is -0.391 e. The fourth-order valence-electron chi connectivity index (χ4n) is 2.13. The van der Waals surface area contributed by atoms with Gasteiger partial charge in [-0.05, 0) is 25.3 Å². The first-order valence-electron chi connectivity index (χ1n) is 6.23. The molecule has 1 saturated carbocycles. The van der Waals surface area contributed by atoms with Crippen LogP contribution in [0.3, 0.4) is 0 Å². The molecule has 0 aliphatic heterocycles. The van der Waals surface area contributed by atoms with Gasteiger partial charge in [-0.3, -0.25) is 0 Å². The summed E-state index contributed by atoms with van der Waals surface area (Å²) in [5.74, 6) is 0.698. The Morgan fingerprint density at radius 2 is 2.22 bits per heavy atom. The van der Waals surface area contributed by atoms with Crippen LogP contribution in [0.1, 0.15) is 35.4 Å². The summed E-state index contributed by atoms with van der Waals surface area (Å²) < 4.78 is 26.8. The fourth-order valence-corrected chi connectivity index (χ4v) is 4.67. The molecule has 1 aromatic heterocycles. The molecule has 0 atom stereocenters. The topological polar surface area (TPSA) is 66.4 Å². The number of hydrogen-bond donors (Lipinski definition) is 2. The molecule has 102 valence electrons. The van der Waals surface area contributed by atoms with Gasteiger partial charge in [-0.1, -0.05) is 19.3 Å². The Balaban J connectivity index is 1.97. The number of aliphatic hydroxyl groups is 1. The van der Waals surface area contributed by atoms with Crippen molar-refractivity contribution < 1.29 is 13.5 Å². The standard InChI is InChI=1S/C12H19NO3S2/c1-9-12(7-11(8-14)17-9)18(15,16)13-6-5-10-3-2-4-10/h7,10,13-14H,2-6,8H2,1H3. The molecule has 4 nitrogen and oxygen atoms in total. The summed E-state index contributed by atoms with van der Waals surface area (Å²) in [6.07, 6.45) is 4.66. The molecule has 1 aliphatic carbocycles. The Labute approximate surface area is 112 Å². The number of aryl methyl sites for hydroxylation is 1. The molecule has 18 heavy (non-hydrogen) atoms. The van der Waals surface area contributed by atoms with Crippen molar-refractivity contribution in [2.45, 2.75) is 44.1 Å². The number of thiophene rings is 1. The van der Waals surface area contributed by atoms with Crippen LogP contribution in [-0.4, -0.2) is 20.1 Å². The van der Waals surface area contributed by atoms with Gasteiger partial charge in [0.05, 0.1) is 11.5 Å². The van der Waals surface area contributed by atoms with E-state index in [4.69, 9.17) is 5.11 Å². The highest BCUT2D eigenvalue weighted by molar-refractivity contribution is 7.89. The minimum absolute atomic E-state index is 0.108. The van der Waals surface area contributed by atoms with Gasteiger partial charge in [0.2, 0.25) is 10.0 Å². The van der Waals surface area contributed by atoms with E-state index in [0.717, 1.165) is 11.3 Å². The summed E-state index contributed by atoms with van der Waals surface area (Å²) in [7, 11) is -3.41. The second-order valence-corrected chi connectivity index (χ2v) is 7.85. The Kier molecular flexibility index (Phi) is 4.42. The molecule has 1 heterocycles. The van der Waals surface area contributed by atoms with Crippen LogP contribution in [0.5, 0.6) is 0 Å². The number of aliphatic hydroxyl groups excluding tert-OH is 1. The summed E-state index contributed by atoms with van der Waals surface area (Å²) >= 11 is 1.33. The van der Waals surface area contributed by atoms with Crippen LogP contribution in [0.15, 0.2) is 11.0 Å². The molecule has 2 rings (SSSR count). The van der Waals surface area contributed by atoms with Gasteiger partial charge in [0.1, 0.15) is 0 Å². The molecule has 2 N–H and O–H groups in total. The maximum Gasteiger partial charge on any atom is 0.241 e. The maximum atomic E-state index is 12.1. The lowest BCUT2D eigenvalue weighted by Gasteiger charge is -2.25. The van der Waals surface area contributed by atoms with E-state index in [1.165, 1.54) is 30.6 Å². The van der Waals surface area contributed by atoms with E-state index in [2.05, 4.69) is 4.72 Å². The molecule has 0 spiro atoms. The number of rotatable bonds is 6. The SMILES string of the molecule is Cc1sc(CO)cc1S(=O)(=O)NCCC1CCC1. The highest BCUT2D eigenvalue weighted by atomic mass is 32.2. The molecule has 1 fully saturated rings. The van der Waals surface area contributed by atoms with Crippen LogP contribution >= 0.6 is 11.3 Å². The zero-order chi connectivity index (χ0) is 13.2. The van der Waals surface area contributed by atoms with Crippen molar-refractivity contribution in [2.75, 3.05) is 6.54 Å². The number of sulfonamides is 1. The van der Waals surface area contributed by atoms with Gasteiger partial charge in [-0.15, -0.1) is 11.3 Å². The van der Waals surface area contributed by atoms with Gasteiger partial charge in [-0.2, -0.15) is 0 Å². The summed E-state index contributed by atoms with van der Waals surface area (Å²) in [6, 6.07) is 1.56. The molecule has 0 radical (unpaired) electrons. The first kappa shape index (κ1) is 14.0. The monoisotopic (exact) mass is 289 g/mol. The molecule has 1 aromatic rings. The lowest BCUT2D eigenvalue weighted by Crippen LogP contribution is -2.27. The second kappa shape index (κ2) is 5.69. The third kappa shape index (κ3) is 3.12. The molecule has 0 amide bonds. The van der Waals surface area contributed by atoms with Crippen molar-refractivity contribution in [2.24, 2.45) is 5.92 Å². The fraction of sp³-hybridized carbons (Fsp3) is 0.667. The summed E-state index contributed by atoms with van der Waals surface area (Å²) in [6.45, 7) is 2.17. The second-order valence-electron chi connectivity index (χ2n) is 4.77. The maximum absolute atomic E-state index is 12.1. The Morgan fingerprint density at radius 1 is 1.50 bits per heavy atom. The van der Waals surface area contributed by atoms with Crippen LogP contribution in [0.4, 0.5) is 0 Å². The van der Waals surface area contributed by atoms with Crippen molar-refractivity contribution in [1.29, 1.82) is 0 Å². The smallest absolute Gasteiger partial charge is 0.241 e. The van der Waals surface area contributed by atoms with Crippen molar-refractivity contribution in [3.05, 3.63) is 15.8 Å². The van der Waals surface area contributed by atoms with Crippen molar-refractivity contribution in [1.82, 2.24) is 4.72 Å². The van der Waals surface area contributed by atoms with E-state index in [1.54, 1.807) is 13.0 Å². The van der Waals surface area contributed by atoms with Crippen LogP contribution < -0.4 is 4.72 Å². The van der Waals surface area contributed by atoms with Crippen LogP contribution in [-0.2, 0) is 16.6 Å². The van der Waals surface area contributed by atoms with Gasteiger partial charge in [0.15, 0.2) is 0 Å². The molecule has 0 bridgehead atoms. The Morgan fingerprint density at radius 3 is 2.72 bits per heavy atom. The van der Waals surface area contributed by atoms with Gasteiger partial charge in [-0.25, -0.2) is 13.1 Å². The highest BCUT2D eigenvalue weighted by Gasteiger charge is 2.21. The lowest BCUT2D eigenvalue weighted by molar-refractivity contribution is 0.285. The number of nitrogens with one attached hydrogen (secondary N) is 1. The summed E-state index contributed by atoms with van der Waals surface area (Å²) in [5.41, 5.74) is 0. The van der Waals surface area contributed by atoms with Gasteiger partial charge in [0.25, 0.3) is 0 Å². The lowest BCUT2D eigenvalue weighted by atomic mass is 9.83. The van der Waals surface area contributed by atoms with Crippen LogP contribution in [0, 0.1) is 12.8 Å². The van der Waals surface area contributed by atoms with Gasteiger partial charge in [0, 0.05) is 16.3 Å². The average Bonchev–Trinajstić information content (AvgIpc) is 2.64. The zero-order valence-corrected chi connectivity index (χ0v) is 12.1.